The molecule has 0 aromatic heterocycles. The minimum atomic E-state index is -5.26. The smallest absolute Gasteiger partial charge is 0.471 e. The van der Waals surface area contributed by atoms with Gasteiger partial charge >= 0.3 is 24.1 Å². The highest BCUT2D eigenvalue weighted by Gasteiger charge is 2.42. The highest BCUT2D eigenvalue weighted by molar-refractivity contribution is 8.00. The van der Waals surface area contributed by atoms with Crippen molar-refractivity contribution in [3.8, 4) is 0 Å². The molecule has 9 nitrogen and oxygen atoms in total. The molecule has 0 saturated carbocycles. The number of amides is 3. The minimum Gasteiger partial charge on any atom is -0.481 e. The van der Waals surface area contributed by atoms with Crippen LogP contribution in [-0.4, -0.2) is 82.5 Å². The lowest BCUT2D eigenvalue weighted by molar-refractivity contribution is -0.174. The third-order valence-electron chi connectivity index (χ3n) is 6.18. The number of nitrogens with one attached hydrogen (secondary N) is 1. The molecular formula is C27H45F3N2O7S. The van der Waals surface area contributed by atoms with Crippen molar-refractivity contribution in [1.82, 2.24) is 10.2 Å². The first-order chi connectivity index (χ1) is 18.8. The van der Waals surface area contributed by atoms with Crippen LogP contribution < -0.4 is 5.32 Å². The van der Waals surface area contributed by atoms with E-state index in [1.165, 1.54) is 44.9 Å². The van der Waals surface area contributed by atoms with Crippen LogP contribution in [0.4, 0.5) is 18.0 Å². The van der Waals surface area contributed by atoms with Gasteiger partial charge in [-0.3, -0.25) is 14.4 Å². The van der Waals surface area contributed by atoms with E-state index in [-0.39, 0.29) is 12.8 Å². The van der Waals surface area contributed by atoms with Gasteiger partial charge in [0.2, 0.25) is 0 Å². The highest BCUT2D eigenvalue weighted by Crippen LogP contribution is 2.23. The zero-order valence-electron chi connectivity index (χ0n) is 23.7. The number of aliphatic carboxylic acids is 1. The number of aliphatic hydroxyl groups excluding tert-OH is 1. The summed E-state index contributed by atoms with van der Waals surface area (Å²) in [4.78, 5) is 47.3. The molecule has 0 spiro atoms. The van der Waals surface area contributed by atoms with Crippen molar-refractivity contribution in [1.29, 1.82) is 0 Å². The lowest BCUT2D eigenvalue weighted by Gasteiger charge is -2.25. The predicted molar refractivity (Wildman–Crippen MR) is 148 cm³/mol. The lowest BCUT2D eigenvalue weighted by Crippen LogP contribution is -2.53. The monoisotopic (exact) mass is 598 g/mol. The number of likely N-dealkylation sites (N-methyl/N-ethyl adjacent to an activating group) is 1. The summed E-state index contributed by atoms with van der Waals surface area (Å²) in [5, 5.41) is 20.3. The van der Waals surface area contributed by atoms with Crippen molar-refractivity contribution in [2.45, 2.75) is 114 Å². The molecule has 232 valence electrons. The lowest BCUT2D eigenvalue weighted by atomic mass is 10.1. The fourth-order valence-corrected chi connectivity index (χ4v) is 5.01. The third kappa shape index (κ3) is 17.4. The maximum Gasteiger partial charge on any atom is 0.471 e. The van der Waals surface area contributed by atoms with Crippen molar-refractivity contribution in [2.75, 3.05) is 19.9 Å². The summed E-state index contributed by atoms with van der Waals surface area (Å²) < 4.78 is 43.0. The van der Waals surface area contributed by atoms with Gasteiger partial charge in [0.25, 0.3) is 5.91 Å². The Labute approximate surface area is 239 Å². The van der Waals surface area contributed by atoms with Crippen LogP contribution in [0.2, 0.25) is 0 Å². The number of allylic oxidation sites excluding steroid dienone is 1. The first-order valence-electron chi connectivity index (χ1n) is 13.8. The molecule has 40 heavy (non-hydrogen) atoms. The summed E-state index contributed by atoms with van der Waals surface area (Å²) >= 11 is 0.879. The number of thioether (sulfide) groups is 1. The molecule has 0 saturated heterocycles. The summed E-state index contributed by atoms with van der Waals surface area (Å²) in [5.74, 6) is -5.03. The number of unbranched alkanes of at least 4 members (excludes halogenated alkanes) is 10. The number of hydrogen-bond acceptors (Lipinski definition) is 7. The van der Waals surface area contributed by atoms with Gasteiger partial charge in [0.1, 0.15) is 6.04 Å². The Hall–Kier alpha value is -2.28. The summed E-state index contributed by atoms with van der Waals surface area (Å²) in [5.41, 5.74) is 0. The number of carboxylic acids is 1. The zero-order chi connectivity index (χ0) is 30.6. The van der Waals surface area contributed by atoms with Gasteiger partial charge in [-0.05, 0) is 19.3 Å². The summed E-state index contributed by atoms with van der Waals surface area (Å²) in [6.45, 7) is 2.19. The second kappa shape index (κ2) is 21.5. The van der Waals surface area contributed by atoms with Crippen LogP contribution in [0.1, 0.15) is 90.4 Å². The van der Waals surface area contributed by atoms with Gasteiger partial charge in [-0.15, -0.1) is 11.8 Å². The molecule has 3 amide bonds. The van der Waals surface area contributed by atoms with E-state index in [0.717, 1.165) is 45.2 Å². The van der Waals surface area contributed by atoms with Crippen LogP contribution in [0.5, 0.6) is 0 Å². The maximum atomic E-state index is 12.9. The summed E-state index contributed by atoms with van der Waals surface area (Å²) in [7, 11) is 1.98. The average Bonchev–Trinajstić information content (AvgIpc) is 2.90. The largest absolute Gasteiger partial charge is 0.481 e. The molecular weight excluding hydrogens is 553 g/mol. The number of halogens is 3. The topological polar surface area (TPSA) is 133 Å². The van der Waals surface area contributed by atoms with Crippen LogP contribution in [0, 0.1) is 0 Å². The fraction of sp³-hybridized carbons (Fsp3) is 0.778. The molecule has 0 radical (unpaired) electrons. The number of carbonyl (C=O) groups is 4. The number of imide groups is 1. The Balaban J connectivity index is 5.13. The van der Waals surface area contributed by atoms with E-state index in [9.17, 15) is 37.5 Å². The molecule has 3 N–H and O–H groups in total. The van der Waals surface area contributed by atoms with Crippen LogP contribution in [0.3, 0.4) is 0 Å². The van der Waals surface area contributed by atoms with Crippen LogP contribution in [0.15, 0.2) is 12.2 Å². The quantitative estimate of drug-likeness (QED) is 0.117. The van der Waals surface area contributed by atoms with Crippen LogP contribution in [-0.2, 0) is 19.1 Å². The molecule has 1 unspecified atom stereocenters. The van der Waals surface area contributed by atoms with Crippen molar-refractivity contribution in [3.63, 3.8) is 0 Å². The van der Waals surface area contributed by atoms with E-state index in [1.807, 2.05) is 6.08 Å². The molecule has 0 aliphatic rings. The standard InChI is InChI=1S/C27H45F3N2O7S/c1-4-5-6-7-8-9-10-11-12-13-14-15-16-22(21(33)17-18-23(34)35)40-19-20(31-25(37)27(28,29)30)24(36)32(2)26(38)39-3/h15-16,20-22,33H,4-14,17-19H2,1-3H3,(H,31,37)(H,34,35)/b16-15-/t20?,21-,22+/m0/s1. The Morgan fingerprint density at radius 2 is 1.55 bits per heavy atom. The van der Waals surface area contributed by atoms with Gasteiger partial charge in [-0.1, -0.05) is 76.9 Å². The third-order valence-corrected chi connectivity index (χ3v) is 7.56. The van der Waals surface area contributed by atoms with Gasteiger partial charge in [0, 0.05) is 24.5 Å². The minimum absolute atomic E-state index is 0.120. The van der Waals surface area contributed by atoms with Crippen molar-refractivity contribution >= 4 is 35.6 Å². The van der Waals surface area contributed by atoms with Crippen molar-refractivity contribution < 1.29 is 47.3 Å². The number of aliphatic hydroxyl groups is 1. The van der Waals surface area contributed by atoms with E-state index in [1.54, 1.807) is 11.4 Å². The van der Waals surface area contributed by atoms with Gasteiger partial charge in [-0.25, -0.2) is 9.69 Å². The SMILES string of the molecule is CCCCCCCCCCCC/C=C\[C@@H](SCC(NC(=O)C(F)(F)F)C(=O)N(C)C(=O)OC)[C@@H](O)CCC(=O)O. The number of methoxy groups -OCH3 is 1. The second-order valence-corrected chi connectivity index (χ2v) is 10.8. The molecule has 0 bridgehead atoms. The number of hydrogen-bond donors (Lipinski definition) is 3. The molecule has 0 aliphatic heterocycles. The summed E-state index contributed by atoms with van der Waals surface area (Å²) in [6.07, 6.45) is 7.86. The van der Waals surface area contributed by atoms with E-state index in [2.05, 4.69) is 11.7 Å². The van der Waals surface area contributed by atoms with Crippen LogP contribution in [0.25, 0.3) is 0 Å². The number of carboxylic acid groups (broad SMARTS) is 1. The number of rotatable bonds is 21. The first kappa shape index (κ1) is 37.7. The number of ether oxygens (including phenoxy) is 1. The number of nitrogens with zero attached hydrogens (tertiary/aromatic N) is 1. The van der Waals surface area contributed by atoms with E-state index in [4.69, 9.17) is 5.11 Å². The van der Waals surface area contributed by atoms with Gasteiger partial charge in [0.15, 0.2) is 0 Å². The van der Waals surface area contributed by atoms with E-state index < -0.39 is 53.2 Å². The van der Waals surface area contributed by atoms with E-state index >= 15 is 0 Å². The highest BCUT2D eigenvalue weighted by atomic mass is 32.2. The Kier molecular flexibility index (Phi) is 20.2. The maximum absolute atomic E-state index is 12.9. The Bertz CT molecular complexity index is 797. The molecule has 0 aromatic carbocycles. The Morgan fingerprint density at radius 1 is 1.00 bits per heavy atom. The molecule has 3 atom stereocenters. The van der Waals surface area contributed by atoms with Gasteiger partial charge in [0.05, 0.1) is 13.2 Å². The fourth-order valence-electron chi connectivity index (χ4n) is 3.79. The van der Waals surface area contributed by atoms with Crippen LogP contribution >= 0.6 is 11.8 Å². The number of alkyl halides is 3. The van der Waals surface area contributed by atoms with Gasteiger partial charge < -0.3 is 20.3 Å². The summed E-state index contributed by atoms with van der Waals surface area (Å²) in [6, 6.07) is -1.76. The van der Waals surface area contributed by atoms with E-state index in [0.29, 0.717) is 11.3 Å². The number of carbonyl (C=O) groups excluding carboxylic acids is 3. The van der Waals surface area contributed by atoms with Gasteiger partial charge in [-0.2, -0.15) is 13.2 Å². The first-order valence-corrected chi connectivity index (χ1v) is 14.8. The normalized spacial score (nSPS) is 14.0. The Morgan fingerprint density at radius 3 is 2.05 bits per heavy atom. The molecule has 0 aliphatic carbocycles. The van der Waals surface area contributed by atoms with Crippen molar-refractivity contribution in [2.24, 2.45) is 0 Å². The molecule has 0 heterocycles. The van der Waals surface area contributed by atoms with Crippen molar-refractivity contribution in [3.05, 3.63) is 12.2 Å². The molecule has 13 heteroatoms. The molecule has 0 fully saturated rings. The second-order valence-electron chi connectivity index (χ2n) is 9.59. The predicted octanol–water partition coefficient (Wildman–Crippen LogP) is 5.45. The average molecular weight is 599 g/mol. The molecule has 0 aromatic rings. The molecule has 0 rings (SSSR count). The zero-order valence-corrected chi connectivity index (χ0v) is 24.5.